The summed E-state index contributed by atoms with van der Waals surface area (Å²) in [4.78, 5) is 32.0. The van der Waals surface area contributed by atoms with Crippen LogP contribution in [0.4, 0.5) is 10.2 Å². The number of amides is 2. The van der Waals surface area contributed by atoms with Crippen LogP contribution in [-0.4, -0.2) is 34.8 Å². The molecule has 3 rings (SSSR count). The number of carbonyl (C=O) groups is 2. The Hall–Kier alpha value is -2.47. The van der Waals surface area contributed by atoms with Crippen LogP contribution in [0.25, 0.3) is 0 Å². The predicted molar refractivity (Wildman–Crippen MR) is 92.9 cm³/mol. The largest absolute Gasteiger partial charge is 0.327 e. The first-order valence-corrected chi connectivity index (χ1v) is 8.18. The molecule has 1 aliphatic heterocycles. The summed E-state index contributed by atoms with van der Waals surface area (Å²) >= 11 is 5.89. The van der Waals surface area contributed by atoms with Crippen LogP contribution in [0.1, 0.15) is 16.7 Å². The Morgan fingerprint density at radius 1 is 1.12 bits per heavy atom. The highest BCUT2D eigenvalue weighted by Gasteiger charge is 2.32. The van der Waals surface area contributed by atoms with Crippen LogP contribution in [0.5, 0.6) is 0 Å². The molecule has 0 radical (unpaired) electrons. The van der Waals surface area contributed by atoms with E-state index in [1.165, 1.54) is 22.1 Å². The normalized spacial score (nSPS) is 15.0. The fraction of sp³-hybridized carbons (Fsp3) is 0.278. The van der Waals surface area contributed by atoms with Gasteiger partial charge in [0.2, 0.25) is 11.8 Å². The van der Waals surface area contributed by atoms with Crippen molar-refractivity contribution in [3.8, 4) is 0 Å². The molecule has 2 heterocycles. The summed E-state index contributed by atoms with van der Waals surface area (Å²) in [6.07, 6.45) is 1.45. The van der Waals surface area contributed by atoms with Gasteiger partial charge in [-0.1, -0.05) is 23.7 Å². The topological polar surface area (TPSA) is 53.5 Å². The first-order chi connectivity index (χ1) is 11.8. The number of benzene rings is 1. The quantitative estimate of drug-likeness (QED) is 0.844. The van der Waals surface area contributed by atoms with E-state index >= 15 is 0 Å². The molecule has 1 aromatic carbocycles. The molecule has 2 amide bonds. The monoisotopic (exact) mass is 361 g/mol. The van der Waals surface area contributed by atoms with Gasteiger partial charge in [0.15, 0.2) is 0 Å². The van der Waals surface area contributed by atoms with Crippen molar-refractivity contribution in [2.45, 2.75) is 20.4 Å². The number of aryl methyl sites for hydroxylation is 2. The molecular formula is C18H17ClFN3O2. The number of hydrogen-bond acceptors (Lipinski definition) is 3. The molecular weight excluding hydrogens is 345 g/mol. The highest BCUT2D eigenvalue weighted by molar-refractivity contribution is 6.30. The molecule has 0 N–H and O–H groups in total. The van der Waals surface area contributed by atoms with Crippen molar-refractivity contribution in [2.24, 2.45) is 0 Å². The average molecular weight is 362 g/mol. The summed E-state index contributed by atoms with van der Waals surface area (Å²) in [5, 5.41) is 0.477. The molecule has 130 valence electrons. The Labute approximate surface area is 150 Å². The van der Waals surface area contributed by atoms with Crippen molar-refractivity contribution in [1.29, 1.82) is 0 Å². The first-order valence-electron chi connectivity index (χ1n) is 7.80. The number of carbonyl (C=O) groups excluding carboxylic acids is 2. The van der Waals surface area contributed by atoms with Crippen LogP contribution in [0.3, 0.4) is 0 Å². The number of aromatic nitrogens is 1. The minimum Gasteiger partial charge on any atom is -0.327 e. The van der Waals surface area contributed by atoms with Crippen molar-refractivity contribution in [3.63, 3.8) is 0 Å². The van der Waals surface area contributed by atoms with E-state index in [2.05, 4.69) is 4.98 Å². The van der Waals surface area contributed by atoms with Gasteiger partial charge in [0, 0.05) is 12.7 Å². The number of hydrogen-bond donors (Lipinski definition) is 0. The van der Waals surface area contributed by atoms with Crippen LogP contribution in [-0.2, 0) is 16.1 Å². The molecule has 1 saturated heterocycles. The fourth-order valence-corrected chi connectivity index (χ4v) is 3.05. The lowest BCUT2D eigenvalue weighted by atomic mass is 10.1. The number of rotatable bonds is 3. The Morgan fingerprint density at radius 3 is 2.56 bits per heavy atom. The number of pyridine rings is 1. The van der Waals surface area contributed by atoms with Gasteiger partial charge in [0.1, 0.15) is 24.7 Å². The lowest BCUT2D eigenvalue weighted by molar-refractivity contribution is -0.138. The molecule has 0 atom stereocenters. The van der Waals surface area contributed by atoms with Crippen LogP contribution < -0.4 is 4.90 Å². The fourth-order valence-electron chi connectivity index (χ4n) is 2.84. The number of halogens is 2. The Bertz CT molecular complexity index is 856. The Kier molecular flexibility index (Phi) is 4.72. The molecule has 1 aliphatic rings. The number of anilines is 1. The zero-order chi connectivity index (χ0) is 18.1. The molecule has 0 aliphatic carbocycles. The summed E-state index contributed by atoms with van der Waals surface area (Å²) in [7, 11) is 0. The van der Waals surface area contributed by atoms with Gasteiger partial charge in [0.05, 0.1) is 5.02 Å². The molecule has 0 bridgehead atoms. The molecule has 25 heavy (non-hydrogen) atoms. The minimum absolute atomic E-state index is 0.0427. The number of piperazine rings is 1. The molecule has 2 aromatic rings. The average Bonchev–Trinajstić information content (AvgIpc) is 2.54. The van der Waals surface area contributed by atoms with E-state index in [4.69, 9.17) is 11.6 Å². The first kappa shape index (κ1) is 17.4. The van der Waals surface area contributed by atoms with Crippen molar-refractivity contribution in [1.82, 2.24) is 9.88 Å². The van der Waals surface area contributed by atoms with Gasteiger partial charge in [-0.15, -0.1) is 0 Å². The lowest BCUT2D eigenvalue weighted by Crippen LogP contribution is -2.54. The second-order valence-electron chi connectivity index (χ2n) is 6.11. The van der Waals surface area contributed by atoms with Gasteiger partial charge in [-0.25, -0.2) is 9.37 Å². The molecule has 0 unspecified atom stereocenters. The van der Waals surface area contributed by atoms with Gasteiger partial charge in [-0.3, -0.25) is 14.5 Å². The summed E-state index contributed by atoms with van der Waals surface area (Å²) in [5.41, 5.74) is 2.03. The van der Waals surface area contributed by atoms with E-state index in [1.807, 2.05) is 0 Å². The van der Waals surface area contributed by atoms with Crippen molar-refractivity contribution < 1.29 is 14.0 Å². The van der Waals surface area contributed by atoms with Crippen LogP contribution in [0, 0.1) is 19.7 Å². The van der Waals surface area contributed by atoms with Crippen molar-refractivity contribution >= 4 is 29.2 Å². The molecule has 1 fully saturated rings. The Morgan fingerprint density at radius 2 is 1.88 bits per heavy atom. The summed E-state index contributed by atoms with van der Waals surface area (Å²) < 4.78 is 13.4. The maximum absolute atomic E-state index is 13.4. The van der Waals surface area contributed by atoms with Gasteiger partial charge in [-0.05, 0) is 42.7 Å². The highest BCUT2D eigenvalue weighted by atomic mass is 35.5. The van der Waals surface area contributed by atoms with E-state index in [1.54, 1.807) is 32.0 Å². The zero-order valence-corrected chi connectivity index (χ0v) is 14.7. The van der Waals surface area contributed by atoms with E-state index < -0.39 is 0 Å². The van der Waals surface area contributed by atoms with Gasteiger partial charge in [-0.2, -0.15) is 0 Å². The third-order valence-corrected chi connectivity index (χ3v) is 4.35. The number of nitrogens with zero attached hydrogens (tertiary/aromatic N) is 3. The maximum atomic E-state index is 13.4. The van der Waals surface area contributed by atoms with Crippen LogP contribution >= 0.6 is 11.6 Å². The third-order valence-electron chi connectivity index (χ3n) is 4.14. The van der Waals surface area contributed by atoms with Gasteiger partial charge >= 0.3 is 0 Å². The van der Waals surface area contributed by atoms with E-state index in [0.717, 1.165) is 11.1 Å². The molecule has 5 nitrogen and oxygen atoms in total. The van der Waals surface area contributed by atoms with Crippen LogP contribution in [0.2, 0.25) is 5.02 Å². The minimum atomic E-state index is -0.291. The van der Waals surface area contributed by atoms with E-state index in [9.17, 15) is 14.0 Å². The van der Waals surface area contributed by atoms with Crippen molar-refractivity contribution in [2.75, 3.05) is 18.0 Å². The van der Waals surface area contributed by atoms with Gasteiger partial charge < -0.3 is 4.90 Å². The SMILES string of the molecule is Cc1cc(CN2CC(=O)N(c3ncc(Cl)cc3C)CC2=O)ccc1F. The summed E-state index contributed by atoms with van der Waals surface area (Å²) in [5.74, 6) is -0.241. The maximum Gasteiger partial charge on any atom is 0.248 e. The third kappa shape index (κ3) is 3.64. The molecule has 0 spiro atoms. The van der Waals surface area contributed by atoms with Crippen LogP contribution in [0.15, 0.2) is 30.5 Å². The van der Waals surface area contributed by atoms with Gasteiger partial charge in [0.25, 0.3) is 0 Å². The summed E-state index contributed by atoms with van der Waals surface area (Å²) in [6, 6.07) is 6.38. The lowest BCUT2D eigenvalue weighted by Gasteiger charge is -2.34. The predicted octanol–water partition coefficient (Wildman–Crippen LogP) is 2.87. The molecule has 1 aromatic heterocycles. The van der Waals surface area contributed by atoms with E-state index in [0.29, 0.717) is 16.4 Å². The highest BCUT2D eigenvalue weighted by Crippen LogP contribution is 2.23. The second-order valence-corrected chi connectivity index (χ2v) is 6.54. The molecule has 0 saturated carbocycles. The standard InChI is InChI=1S/C18H17ClFN3O2/c1-11-5-13(3-4-15(11)20)8-22-9-17(25)23(10-16(22)24)18-12(2)6-14(19)7-21-18/h3-7H,8-10H2,1-2H3. The molecule has 7 heteroatoms. The smallest absolute Gasteiger partial charge is 0.248 e. The second kappa shape index (κ2) is 6.80. The summed E-state index contributed by atoms with van der Waals surface area (Å²) in [6.45, 7) is 3.61. The zero-order valence-electron chi connectivity index (χ0n) is 13.9. The van der Waals surface area contributed by atoms with Crippen molar-refractivity contribution in [3.05, 3.63) is 58.0 Å². The Balaban J connectivity index is 1.76. The van der Waals surface area contributed by atoms with E-state index in [-0.39, 0.29) is 37.3 Å².